The van der Waals surface area contributed by atoms with E-state index < -0.39 is 10.6 Å². The predicted octanol–water partition coefficient (Wildman–Crippen LogP) is 0.976. The van der Waals surface area contributed by atoms with Crippen molar-refractivity contribution in [1.29, 1.82) is 0 Å². The molecular formula is C9H10N6O3. The van der Waals surface area contributed by atoms with Crippen LogP contribution in [0.4, 0.5) is 11.5 Å². The van der Waals surface area contributed by atoms with Gasteiger partial charge in [-0.2, -0.15) is 10.1 Å². The van der Waals surface area contributed by atoms with Crippen molar-refractivity contribution in [1.82, 2.24) is 19.7 Å². The quantitative estimate of drug-likeness (QED) is 0.633. The van der Waals surface area contributed by atoms with Crippen LogP contribution in [0, 0.1) is 10.1 Å². The molecule has 0 spiro atoms. The van der Waals surface area contributed by atoms with E-state index in [0.29, 0.717) is 12.3 Å². The van der Waals surface area contributed by atoms with Gasteiger partial charge in [-0.3, -0.25) is 14.8 Å². The molecule has 94 valence electrons. The van der Waals surface area contributed by atoms with E-state index >= 15 is 0 Å². The Bertz CT molecular complexity index is 581. The van der Waals surface area contributed by atoms with Crippen LogP contribution in [0.25, 0.3) is 0 Å². The number of hydrogen-bond acceptors (Lipinski definition) is 7. The zero-order chi connectivity index (χ0) is 13.1. The molecule has 9 nitrogen and oxygen atoms in total. The zero-order valence-corrected chi connectivity index (χ0v) is 9.48. The Morgan fingerprint density at radius 2 is 2.33 bits per heavy atom. The second kappa shape index (κ2) is 4.65. The molecule has 0 aliphatic carbocycles. The monoisotopic (exact) mass is 250 g/mol. The van der Waals surface area contributed by atoms with Gasteiger partial charge in [-0.05, 0) is 6.92 Å². The number of nitrogens with two attached hydrogens (primary N) is 1. The third-order valence-electron chi connectivity index (χ3n) is 2.15. The van der Waals surface area contributed by atoms with Gasteiger partial charge in [0.15, 0.2) is 5.75 Å². The van der Waals surface area contributed by atoms with Crippen LogP contribution in [-0.2, 0) is 6.54 Å². The lowest BCUT2D eigenvalue weighted by Crippen LogP contribution is -2.02. The summed E-state index contributed by atoms with van der Waals surface area (Å²) in [6, 6.07) is 0. The standard InChI is InChI=1S/C9H10N6O3/c1-2-14-4-6(3-13-14)18-9-7(15(16)17)8(10)11-5-12-9/h3-5H,2H2,1H3,(H2,10,11,12). The van der Waals surface area contributed by atoms with E-state index in [9.17, 15) is 10.1 Å². The average molecular weight is 250 g/mol. The number of anilines is 1. The number of nitrogens with zero attached hydrogens (tertiary/aromatic N) is 5. The third-order valence-corrected chi connectivity index (χ3v) is 2.15. The predicted molar refractivity (Wildman–Crippen MR) is 61.1 cm³/mol. The van der Waals surface area contributed by atoms with Crippen LogP contribution >= 0.6 is 0 Å². The number of aromatic nitrogens is 4. The van der Waals surface area contributed by atoms with Crippen LogP contribution in [0.5, 0.6) is 11.6 Å². The number of rotatable bonds is 4. The second-order valence-corrected chi connectivity index (χ2v) is 3.30. The molecule has 9 heteroatoms. The summed E-state index contributed by atoms with van der Waals surface area (Å²) in [6.45, 7) is 2.57. The second-order valence-electron chi connectivity index (χ2n) is 3.30. The van der Waals surface area contributed by atoms with Crippen LogP contribution in [-0.4, -0.2) is 24.7 Å². The van der Waals surface area contributed by atoms with Crippen molar-refractivity contribution in [2.75, 3.05) is 5.73 Å². The molecule has 2 aromatic rings. The fraction of sp³-hybridized carbons (Fsp3) is 0.222. The van der Waals surface area contributed by atoms with Crippen molar-refractivity contribution in [2.45, 2.75) is 13.5 Å². The molecule has 0 amide bonds. The van der Waals surface area contributed by atoms with Crippen molar-refractivity contribution in [3.63, 3.8) is 0 Å². The number of hydrogen-bond donors (Lipinski definition) is 1. The fourth-order valence-corrected chi connectivity index (χ4v) is 1.30. The number of nitrogen functional groups attached to an aromatic ring is 1. The van der Waals surface area contributed by atoms with Crippen LogP contribution in [0.15, 0.2) is 18.7 Å². The molecule has 0 bridgehead atoms. The van der Waals surface area contributed by atoms with E-state index in [-0.39, 0.29) is 11.7 Å². The van der Waals surface area contributed by atoms with E-state index in [1.165, 1.54) is 6.20 Å². The highest BCUT2D eigenvalue weighted by Gasteiger charge is 2.23. The van der Waals surface area contributed by atoms with Gasteiger partial charge in [0.25, 0.3) is 0 Å². The minimum absolute atomic E-state index is 0.205. The van der Waals surface area contributed by atoms with E-state index in [2.05, 4.69) is 15.1 Å². The summed E-state index contributed by atoms with van der Waals surface area (Å²) in [5, 5.41) is 14.8. The summed E-state index contributed by atoms with van der Waals surface area (Å²) in [5.41, 5.74) is 4.96. The maximum absolute atomic E-state index is 10.8. The van der Waals surface area contributed by atoms with Crippen LogP contribution < -0.4 is 10.5 Å². The molecule has 0 radical (unpaired) electrons. The molecule has 0 atom stereocenters. The van der Waals surface area contributed by atoms with Crippen molar-refractivity contribution in [3.8, 4) is 11.6 Å². The lowest BCUT2D eigenvalue weighted by atomic mass is 10.4. The van der Waals surface area contributed by atoms with E-state index in [1.807, 2.05) is 6.92 Å². The molecule has 2 heterocycles. The Kier molecular flexibility index (Phi) is 3.04. The average Bonchev–Trinajstić information content (AvgIpc) is 2.76. The minimum atomic E-state index is -0.686. The lowest BCUT2D eigenvalue weighted by Gasteiger charge is -2.03. The fourth-order valence-electron chi connectivity index (χ4n) is 1.30. The Balaban J connectivity index is 2.34. The third kappa shape index (κ3) is 2.19. The highest BCUT2D eigenvalue weighted by atomic mass is 16.6. The van der Waals surface area contributed by atoms with Gasteiger partial charge in [-0.25, -0.2) is 4.98 Å². The molecule has 2 aromatic heterocycles. The molecule has 0 aromatic carbocycles. The van der Waals surface area contributed by atoms with E-state index in [4.69, 9.17) is 10.5 Å². The van der Waals surface area contributed by atoms with Gasteiger partial charge in [0, 0.05) is 6.54 Å². The number of ether oxygens (including phenoxy) is 1. The molecule has 0 unspecified atom stereocenters. The van der Waals surface area contributed by atoms with Gasteiger partial charge in [-0.1, -0.05) is 0 Å². The first-order valence-corrected chi connectivity index (χ1v) is 5.07. The summed E-state index contributed by atoms with van der Waals surface area (Å²) in [4.78, 5) is 17.4. The molecule has 2 rings (SSSR count). The maximum Gasteiger partial charge on any atom is 0.372 e. The first-order chi connectivity index (χ1) is 8.61. The minimum Gasteiger partial charge on any atom is -0.430 e. The van der Waals surface area contributed by atoms with Crippen LogP contribution in [0.3, 0.4) is 0 Å². The molecule has 18 heavy (non-hydrogen) atoms. The Morgan fingerprint density at radius 3 is 2.94 bits per heavy atom. The Hall–Kier alpha value is -2.71. The summed E-state index contributed by atoms with van der Waals surface area (Å²) < 4.78 is 6.89. The number of nitro groups is 1. The van der Waals surface area contributed by atoms with Crippen molar-refractivity contribution in [2.24, 2.45) is 0 Å². The molecule has 0 aliphatic heterocycles. The largest absolute Gasteiger partial charge is 0.430 e. The smallest absolute Gasteiger partial charge is 0.372 e. The van der Waals surface area contributed by atoms with Crippen molar-refractivity contribution < 1.29 is 9.66 Å². The maximum atomic E-state index is 10.8. The molecule has 0 aliphatic rings. The summed E-state index contributed by atoms with van der Waals surface area (Å²) in [6.07, 6.45) is 4.13. The summed E-state index contributed by atoms with van der Waals surface area (Å²) in [7, 11) is 0. The van der Waals surface area contributed by atoms with Crippen LogP contribution in [0.2, 0.25) is 0 Å². The molecule has 2 N–H and O–H groups in total. The van der Waals surface area contributed by atoms with E-state index in [0.717, 1.165) is 6.33 Å². The number of aryl methyl sites for hydroxylation is 1. The normalized spacial score (nSPS) is 10.3. The molecule has 0 saturated carbocycles. The highest BCUT2D eigenvalue weighted by Crippen LogP contribution is 2.31. The Morgan fingerprint density at radius 1 is 1.56 bits per heavy atom. The van der Waals surface area contributed by atoms with Crippen molar-refractivity contribution in [3.05, 3.63) is 28.8 Å². The van der Waals surface area contributed by atoms with Crippen molar-refractivity contribution >= 4 is 11.5 Å². The van der Waals surface area contributed by atoms with Gasteiger partial charge < -0.3 is 10.5 Å². The van der Waals surface area contributed by atoms with Gasteiger partial charge in [0.1, 0.15) is 6.33 Å². The summed E-state index contributed by atoms with van der Waals surface area (Å²) in [5.74, 6) is -0.103. The highest BCUT2D eigenvalue weighted by molar-refractivity contribution is 5.58. The SMILES string of the molecule is CCn1cc(Oc2ncnc(N)c2[N+](=O)[O-])cn1. The Labute approximate surface area is 101 Å². The van der Waals surface area contributed by atoms with Crippen LogP contribution in [0.1, 0.15) is 6.92 Å². The molecular weight excluding hydrogens is 240 g/mol. The summed E-state index contributed by atoms with van der Waals surface area (Å²) >= 11 is 0. The topological polar surface area (TPSA) is 122 Å². The van der Waals surface area contributed by atoms with E-state index in [1.54, 1.807) is 10.9 Å². The van der Waals surface area contributed by atoms with Gasteiger partial charge in [-0.15, -0.1) is 0 Å². The molecule has 0 fully saturated rings. The van der Waals surface area contributed by atoms with Gasteiger partial charge in [0.05, 0.1) is 17.3 Å². The molecule has 0 saturated heterocycles. The first kappa shape index (κ1) is 11.8. The first-order valence-electron chi connectivity index (χ1n) is 5.07. The van der Waals surface area contributed by atoms with Gasteiger partial charge in [0.2, 0.25) is 5.82 Å². The lowest BCUT2D eigenvalue weighted by molar-refractivity contribution is -0.385. The van der Waals surface area contributed by atoms with Gasteiger partial charge >= 0.3 is 11.6 Å². The zero-order valence-electron chi connectivity index (χ0n) is 9.48.